The van der Waals surface area contributed by atoms with Crippen molar-refractivity contribution in [2.75, 3.05) is 17.4 Å². The largest absolute Gasteiger partial charge is 0.487 e. The second kappa shape index (κ2) is 8.59. The molecule has 0 spiro atoms. The fourth-order valence-electron chi connectivity index (χ4n) is 2.14. The third-order valence-corrected chi connectivity index (χ3v) is 3.63. The summed E-state index contributed by atoms with van der Waals surface area (Å²) >= 11 is 0. The summed E-state index contributed by atoms with van der Waals surface area (Å²) in [4.78, 5) is 15.7. The molecule has 0 bridgehead atoms. The number of halogens is 5. The van der Waals surface area contributed by atoms with Crippen LogP contribution >= 0.6 is 0 Å². The van der Waals surface area contributed by atoms with Crippen molar-refractivity contribution in [2.24, 2.45) is 0 Å². The van der Waals surface area contributed by atoms with Gasteiger partial charge in [-0.15, -0.1) is 4.99 Å². The van der Waals surface area contributed by atoms with Crippen LogP contribution in [0.15, 0.2) is 36.4 Å². The lowest BCUT2D eigenvalue weighted by molar-refractivity contribution is -0.216. The summed E-state index contributed by atoms with van der Waals surface area (Å²) in [7, 11) is 0. The number of carbonyl (C=O) groups is 1. The molecule has 0 fully saturated rings. The van der Waals surface area contributed by atoms with Crippen LogP contribution in [0.5, 0.6) is 5.75 Å². The lowest BCUT2D eigenvalue weighted by Crippen LogP contribution is -2.45. The maximum absolute atomic E-state index is 13.5. The van der Waals surface area contributed by atoms with Gasteiger partial charge in [0.25, 0.3) is 5.91 Å². The first-order chi connectivity index (χ1) is 13.4. The van der Waals surface area contributed by atoms with E-state index >= 15 is 0 Å². The van der Waals surface area contributed by atoms with E-state index in [2.05, 4.69) is 10.3 Å². The van der Waals surface area contributed by atoms with E-state index in [1.807, 2.05) is 0 Å². The lowest BCUT2D eigenvalue weighted by Gasteiger charge is -2.23. The standard InChI is InChI=1S/C17H15F5N2O5/c1-16(26,8-28-14-5-2-9(18)6-12(14)19)15(25)23-10-3-4-13(24-29-27)11(7-10)17(20,21)22/h2-7,24,26-27H,8H2,1H3,(H,23,25). The molecule has 0 radical (unpaired) electrons. The van der Waals surface area contributed by atoms with Crippen LogP contribution in [0.25, 0.3) is 0 Å². The first-order valence-corrected chi connectivity index (χ1v) is 7.83. The van der Waals surface area contributed by atoms with Crippen molar-refractivity contribution in [1.82, 2.24) is 0 Å². The Labute approximate surface area is 160 Å². The van der Waals surface area contributed by atoms with Crippen molar-refractivity contribution in [3.63, 3.8) is 0 Å². The molecule has 0 saturated carbocycles. The Balaban J connectivity index is 2.13. The first-order valence-electron chi connectivity index (χ1n) is 7.83. The predicted octanol–water partition coefficient (Wildman–Crippen LogP) is 3.57. The van der Waals surface area contributed by atoms with Crippen LogP contribution in [0.1, 0.15) is 12.5 Å². The lowest BCUT2D eigenvalue weighted by atomic mass is 10.1. The number of aliphatic hydroxyl groups is 1. The molecule has 0 aliphatic carbocycles. The van der Waals surface area contributed by atoms with Crippen LogP contribution < -0.4 is 15.5 Å². The minimum absolute atomic E-state index is 0.334. The summed E-state index contributed by atoms with van der Waals surface area (Å²) in [5.41, 5.74) is -2.87. The van der Waals surface area contributed by atoms with Gasteiger partial charge in [-0.05, 0) is 37.3 Å². The normalized spacial score (nSPS) is 13.5. The van der Waals surface area contributed by atoms with Gasteiger partial charge in [0.1, 0.15) is 12.4 Å². The molecule has 1 unspecified atom stereocenters. The molecular formula is C17H15F5N2O5. The minimum atomic E-state index is -4.85. The van der Waals surface area contributed by atoms with Crippen LogP contribution in [-0.2, 0) is 16.0 Å². The number of benzene rings is 2. The zero-order chi connectivity index (χ0) is 21.8. The monoisotopic (exact) mass is 422 g/mol. The van der Waals surface area contributed by atoms with Crippen LogP contribution in [-0.4, -0.2) is 28.5 Å². The number of alkyl halides is 3. The molecule has 0 saturated heterocycles. The van der Waals surface area contributed by atoms with E-state index in [0.29, 0.717) is 12.1 Å². The summed E-state index contributed by atoms with van der Waals surface area (Å²) in [5, 5.41) is 20.5. The predicted molar refractivity (Wildman–Crippen MR) is 89.9 cm³/mol. The number of nitrogens with one attached hydrogen (secondary N) is 2. The van der Waals surface area contributed by atoms with Crippen LogP contribution in [0.2, 0.25) is 0 Å². The van der Waals surface area contributed by atoms with Gasteiger partial charge in [0.2, 0.25) is 0 Å². The topological polar surface area (TPSA) is 100 Å². The molecule has 7 nitrogen and oxygen atoms in total. The number of anilines is 2. The minimum Gasteiger partial charge on any atom is -0.487 e. The Hall–Kier alpha value is -2.96. The van der Waals surface area contributed by atoms with E-state index in [0.717, 1.165) is 31.2 Å². The fraction of sp³-hybridized carbons (Fsp3) is 0.235. The van der Waals surface area contributed by atoms with Gasteiger partial charge >= 0.3 is 6.18 Å². The van der Waals surface area contributed by atoms with E-state index in [4.69, 9.17) is 9.99 Å². The Morgan fingerprint density at radius 1 is 1.14 bits per heavy atom. The highest BCUT2D eigenvalue weighted by molar-refractivity contribution is 5.97. The highest BCUT2D eigenvalue weighted by Crippen LogP contribution is 2.36. The highest BCUT2D eigenvalue weighted by atomic mass is 19.4. The molecule has 158 valence electrons. The highest BCUT2D eigenvalue weighted by Gasteiger charge is 2.36. The number of rotatable bonds is 7. The number of ether oxygens (including phenoxy) is 1. The van der Waals surface area contributed by atoms with Gasteiger partial charge in [0, 0.05) is 11.8 Å². The van der Waals surface area contributed by atoms with Gasteiger partial charge in [0.05, 0.1) is 11.3 Å². The zero-order valence-corrected chi connectivity index (χ0v) is 14.7. The Kier molecular flexibility index (Phi) is 6.62. The summed E-state index contributed by atoms with van der Waals surface area (Å²) in [6, 6.07) is 4.84. The summed E-state index contributed by atoms with van der Waals surface area (Å²) in [5.74, 6) is -3.50. The average molecular weight is 422 g/mol. The molecule has 1 amide bonds. The number of hydrogen-bond donors (Lipinski definition) is 4. The Morgan fingerprint density at radius 3 is 2.41 bits per heavy atom. The van der Waals surface area contributed by atoms with Crippen molar-refractivity contribution in [2.45, 2.75) is 18.7 Å². The molecule has 29 heavy (non-hydrogen) atoms. The summed E-state index contributed by atoms with van der Waals surface area (Å²) in [6.45, 7) is 0.218. The number of carbonyl (C=O) groups excluding carboxylic acids is 1. The van der Waals surface area contributed by atoms with Gasteiger partial charge in [-0.2, -0.15) is 13.2 Å². The van der Waals surface area contributed by atoms with E-state index in [9.17, 15) is 31.9 Å². The molecule has 0 aliphatic rings. The molecule has 2 aromatic rings. The molecule has 0 aliphatic heterocycles. The van der Waals surface area contributed by atoms with Crippen molar-refractivity contribution < 1.29 is 46.8 Å². The van der Waals surface area contributed by atoms with Crippen LogP contribution in [0.3, 0.4) is 0 Å². The third kappa shape index (κ3) is 5.76. The summed E-state index contributed by atoms with van der Waals surface area (Å²) < 4.78 is 70.6. The van der Waals surface area contributed by atoms with Crippen molar-refractivity contribution >= 4 is 17.3 Å². The van der Waals surface area contributed by atoms with Crippen molar-refractivity contribution in [3.05, 3.63) is 53.6 Å². The smallest absolute Gasteiger partial charge is 0.418 e. The second-order valence-corrected chi connectivity index (χ2v) is 6.04. The Bertz CT molecular complexity index is 889. The van der Waals surface area contributed by atoms with E-state index in [-0.39, 0.29) is 5.69 Å². The van der Waals surface area contributed by atoms with Crippen molar-refractivity contribution in [3.8, 4) is 5.75 Å². The summed E-state index contributed by atoms with van der Waals surface area (Å²) in [6.07, 6.45) is -4.85. The van der Waals surface area contributed by atoms with E-state index < -0.39 is 52.9 Å². The maximum Gasteiger partial charge on any atom is 0.418 e. The van der Waals surface area contributed by atoms with Gasteiger partial charge in [0.15, 0.2) is 17.2 Å². The van der Waals surface area contributed by atoms with E-state index in [1.165, 1.54) is 0 Å². The van der Waals surface area contributed by atoms with Gasteiger partial charge in [-0.1, -0.05) is 0 Å². The molecule has 12 heteroatoms. The first kappa shape index (κ1) is 22.3. The zero-order valence-electron chi connectivity index (χ0n) is 14.7. The number of hydrogen-bond acceptors (Lipinski definition) is 6. The maximum atomic E-state index is 13.5. The third-order valence-electron chi connectivity index (χ3n) is 3.63. The molecular weight excluding hydrogens is 407 g/mol. The quantitative estimate of drug-likeness (QED) is 0.309. The van der Waals surface area contributed by atoms with Gasteiger partial charge in [-0.3, -0.25) is 4.79 Å². The van der Waals surface area contributed by atoms with Gasteiger partial charge < -0.3 is 15.2 Å². The Morgan fingerprint density at radius 2 is 1.83 bits per heavy atom. The molecule has 4 N–H and O–H groups in total. The molecule has 2 aromatic carbocycles. The molecule has 0 aromatic heterocycles. The average Bonchev–Trinajstić information content (AvgIpc) is 2.61. The molecule has 1 atom stereocenters. The number of amides is 1. The van der Waals surface area contributed by atoms with Crippen LogP contribution in [0.4, 0.5) is 33.3 Å². The van der Waals surface area contributed by atoms with Crippen LogP contribution in [0, 0.1) is 11.6 Å². The van der Waals surface area contributed by atoms with Gasteiger partial charge in [-0.25, -0.2) is 19.5 Å². The molecule has 2 rings (SSSR count). The SMILES string of the molecule is CC(O)(COc1ccc(F)cc1F)C(=O)Nc1ccc(NOO)c(C(F)(F)F)c1. The van der Waals surface area contributed by atoms with Crippen molar-refractivity contribution in [1.29, 1.82) is 0 Å². The fourth-order valence-corrected chi connectivity index (χ4v) is 2.14. The molecule has 0 heterocycles. The second-order valence-electron chi connectivity index (χ2n) is 6.04. The van der Waals surface area contributed by atoms with E-state index in [1.54, 1.807) is 5.48 Å².